The van der Waals surface area contributed by atoms with E-state index in [4.69, 9.17) is 5.11 Å². The molecule has 1 aliphatic rings. The summed E-state index contributed by atoms with van der Waals surface area (Å²) >= 11 is 0. The first-order chi connectivity index (χ1) is 7.66. The van der Waals surface area contributed by atoms with Gasteiger partial charge in [0, 0.05) is 6.42 Å². The van der Waals surface area contributed by atoms with Gasteiger partial charge in [0.2, 0.25) is 5.85 Å². The van der Waals surface area contributed by atoms with Crippen LogP contribution in [0.15, 0.2) is 64.5 Å². The maximum atomic E-state index is 13.0. The van der Waals surface area contributed by atoms with Crippen molar-refractivity contribution in [2.45, 2.75) is 12.3 Å². The van der Waals surface area contributed by atoms with E-state index in [0.29, 0.717) is 5.70 Å². The van der Waals surface area contributed by atoms with Gasteiger partial charge in [-0.1, -0.05) is 24.3 Å². The number of azo groups is 1. The zero-order valence-corrected chi connectivity index (χ0v) is 8.55. The molecule has 4 heteroatoms. The average molecular weight is 218 g/mol. The summed E-state index contributed by atoms with van der Waals surface area (Å²) in [6.07, 6.45) is 3.90. The number of hydrogen-bond acceptors (Lipinski definition) is 3. The highest BCUT2D eigenvalue weighted by molar-refractivity contribution is 5.35. The Hall–Kier alpha value is -1.81. The summed E-state index contributed by atoms with van der Waals surface area (Å²) in [7, 11) is 0. The Morgan fingerprint density at radius 2 is 1.94 bits per heavy atom. The van der Waals surface area contributed by atoms with Crippen LogP contribution in [-0.2, 0) is 0 Å². The van der Waals surface area contributed by atoms with Gasteiger partial charge in [-0.05, 0) is 24.3 Å². The Bertz CT molecular complexity index is 449. The normalized spacial score (nSPS) is 24.8. The van der Waals surface area contributed by atoms with Crippen molar-refractivity contribution in [3.63, 3.8) is 0 Å². The average Bonchev–Trinajstić information content (AvgIpc) is 2.29. The van der Waals surface area contributed by atoms with Crippen LogP contribution in [0.5, 0.6) is 0 Å². The number of hydrogen-bond donors (Lipinski definition) is 1. The summed E-state index contributed by atoms with van der Waals surface area (Å²) in [6, 6.07) is 9.26. The van der Waals surface area contributed by atoms with Gasteiger partial charge in [-0.15, -0.1) is 0 Å². The minimum Gasteiger partial charge on any atom is -0.358 e. The first-order valence-corrected chi connectivity index (χ1v) is 4.93. The number of benzene rings is 1. The Morgan fingerprint density at radius 1 is 1.19 bits per heavy atom. The molecule has 0 fully saturated rings. The molecule has 0 saturated carbocycles. The lowest BCUT2D eigenvalue weighted by atomic mass is 10.1. The Morgan fingerprint density at radius 3 is 2.56 bits per heavy atom. The van der Waals surface area contributed by atoms with Gasteiger partial charge in [0.1, 0.15) is 0 Å². The van der Waals surface area contributed by atoms with Crippen molar-refractivity contribution in [1.29, 1.82) is 0 Å². The molecule has 1 aromatic rings. The molecule has 2 rings (SSSR count). The molecule has 0 amide bonds. The molecule has 0 aliphatic heterocycles. The monoisotopic (exact) mass is 218 g/mol. The van der Waals surface area contributed by atoms with E-state index in [-0.39, 0.29) is 6.42 Å². The second-order valence-electron chi connectivity index (χ2n) is 3.52. The molecule has 0 bridgehead atoms. The quantitative estimate of drug-likeness (QED) is 0.761. The number of rotatable bonds is 2. The van der Waals surface area contributed by atoms with Crippen molar-refractivity contribution in [3.8, 4) is 0 Å². The maximum absolute atomic E-state index is 13.0. The van der Waals surface area contributed by atoms with E-state index >= 15 is 0 Å². The topological polar surface area (TPSA) is 45.0 Å². The third-order valence-corrected chi connectivity index (χ3v) is 2.14. The molecule has 16 heavy (non-hydrogen) atoms. The van der Waals surface area contributed by atoms with Crippen molar-refractivity contribution in [1.82, 2.24) is 0 Å². The molecule has 1 aliphatic carbocycles. The van der Waals surface area contributed by atoms with Crippen LogP contribution in [-0.4, -0.2) is 11.0 Å². The fourth-order valence-corrected chi connectivity index (χ4v) is 1.28. The minimum absolute atomic E-state index is 0.0906. The van der Waals surface area contributed by atoms with Crippen molar-refractivity contribution in [2.24, 2.45) is 10.2 Å². The van der Waals surface area contributed by atoms with E-state index in [1.165, 1.54) is 12.2 Å². The van der Waals surface area contributed by atoms with Crippen LogP contribution >= 0.6 is 0 Å². The summed E-state index contributed by atoms with van der Waals surface area (Å²) in [6.45, 7) is 0. The first-order valence-electron chi connectivity index (χ1n) is 4.93. The van der Waals surface area contributed by atoms with Gasteiger partial charge in [0.25, 0.3) is 0 Å². The van der Waals surface area contributed by atoms with Crippen LogP contribution in [0.3, 0.4) is 0 Å². The Kier molecular flexibility index (Phi) is 2.92. The molecule has 0 heterocycles. The molecule has 0 saturated heterocycles. The Labute approximate surface area is 92.6 Å². The fraction of sp³-hybridized carbons (Fsp3) is 0.167. The SMILES string of the molecule is OC1(F)C=CC(N=Nc2ccccc2)=CC1. The molecule has 1 aromatic carbocycles. The van der Waals surface area contributed by atoms with Gasteiger partial charge >= 0.3 is 0 Å². The first kappa shape index (κ1) is 10.7. The highest BCUT2D eigenvalue weighted by Crippen LogP contribution is 2.23. The molecule has 1 atom stereocenters. The lowest BCUT2D eigenvalue weighted by Crippen LogP contribution is -2.19. The number of nitrogens with zero attached hydrogens (tertiary/aromatic N) is 2. The van der Waals surface area contributed by atoms with E-state index in [0.717, 1.165) is 11.8 Å². The lowest BCUT2D eigenvalue weighted by Gasteiger charge is -2.14. The molecular weight excluding hydrogens is 207 g/mol. The number of alkyl halides is 1. The predicted octanol–water partition coefficient (Wildman–Crippen LogP) is 3.27. The summed E-state index contributed by atoms with van der Waals surface area (Å²) in [5, 5.41) is 16.9. The predicted molar refractivity (Wildman–Crippen MR) is 58.9 cm³/mol. The summed E-state index contributed by atoms with van der Waals surface area (Å²) in [5.74, 6) is -2.24. The van der Waals surface area contributed by atoms with E-state index in [1.807, 2.05) is 30.3 Å². The molecular formula is C12H11FN2O. The molecule has 1 N–H and O–H groups in total. The third kappa shape index (κ3) is 2.84. The molecule has 3 nitrogen and oxygen atoms in total. The largest absolute Gasteiger partial charge is 0.358 e. The summed E-state index contributed by atoms with van der Waals surface area (Å²) < 4.78 is 13.0. The van der Waals surface area contributed by atoms with Gasteiger partial charge in [0.05, 0.1) is 11.4 Å². The third-order valence-electron chi connectivity index (χ3n) is 2.14. The summed E-state index contributed by atoms with van der Waals surface area (Å²) in [4.78, 5) is 0. The lowest BCUT2D eigenvalue weighted by molar-refractivity contribution is -0.0389. The van der Waals surface area contributed by atoms with Crippen molar-refractivity contribution < 1.29 is 9.50 Å². The van der Waals surface area contributed by atoms with Crippen LogP contribution in [0.1, 0.15) is 6.42 Å². The zero-order chi connectivity index (χ0) is 11.4. The van der Waals surface area contributed by atoms with Gasteiger partial charge in [-0.25, -0.2) is 4.39 Å². The van der Waals surface area contributed by atoms with Crippen LogP contribution in [0.4, 0.5) is 10.1 Å². The van der Waals surface area contributed by atoms with Gasteiger partial charge in [-0.3, -0.25) is 0 Å². The summed E-state index contributed by atoms with van der Waals surface area (Å²) in [5.41, 5.74) is 1.28. The minimum atomic E-state index is -2.24. The van der Waals surface area contributed by atoms with E-state index < -0.39 is 5.85 Å². The molecule has 0 aromatic heterocycles. The zero-order valence-electron chi connectivity index (χ0n) is 8.55. The molecule has 0 spiro atoms. The smallest absolute Gasteiger partial charge is 0.229 e. The van der Waals surface area contributed by atoms with E-state index in [1.54, 1.807) is 0 Å². The number of halogens is 1. The van der Waals surface area contributed by atoms with Crippen LogP contribution in [0.25, 0.3) is 0 Å². The van der Waals surface area contributed by atoms with Gasteiger partial charge in [0.15, 0.2) is 0 Å². The number of aliphatic hydroxyl groups is 1. The highest BCUT2D eigenvalue weighted by atomic mass is 19.2. The van der Waals surface area contributed by atoms with Crippen molar-refractivity contribution in [3.05, 3.63) is 54.3 Å². The van der Waals surface area contributed by atoms with Crippen molar-refractivity contribution in [2.75, 3.05) is 0 Å². The second-order valence-corrected chi connectivity index (χ2v) is 3.52. The maximum Gasteiger partial charge on any atom is 0.229 e. The van der Waals surface area contributed by atoms with Gasteiger partial charge < -0.3 is 5.11 Å². The fourth-order valence-electron chi connectivity index (χ4n) is 1.28. The highest BCUT2D eigenvalue weighted by Gasteiger charge is 2.23. The van der Waals surface area contributed by atoms with E-state index in [9.17, 15) is 4.39 Å². The van der Waals surface area contributed by atoms with Crippen LogP contribution in [0.2, 0.25) is 0 Å². The van der Waals surface area contributed by atoms with Crippen LogP contribution < -0.4 is 0 Å². The second kappa shape index (κ2) is 4.37. The molecule has 0 radical (unpaired) electrons. The molecule has 1 unspecified atom stereocenters. The molecule has 82 valence electrons. The van der Waals surface area contributed by atoms with Crippen molar-refractivity contribution >= 4 is 5.69 Å². The van der Waals surface area contributed by atoms with E-state index in [2.05, 4.69) is 10.2 Å². The number of allylic oxidation sites excluding steroid dienone is 1. The Balaban J connectivity index is 2.05. The van der Waals surface area contributed by atoms with Crippen LogP contribution in [0, 0.1) is 0 Å². The van der Waals surface area contributed by atoms with Gasteiger partial charge in [-0.2, -0.15) is 10.2 Å². The standard InChI is InChI=1S/C12H11FN2O/c13-12(16)8-6-11(7-9-12)15-14-10-4-2-1-3-5-10/h1-8,16H,9H2.